The van der Waals surface area contributed by atoms with Gasteiger partial charge in [0.2, 0.25) is 0 Å². The third kappa shape index (κ3) is 4.48. The van der Waals surface area contributed by atoms with Gasteiger partial charge in [-0.1, -0.05) is 0 Å². The van der Waals surface area contributed by atoms with Crippen molar-refractivity contribution in [3.8, 4) is 0 Å². The number of ether oxygens (including phenoxy) is 1. The Balaban J connectivity index is 2.01. The Labute approximate surface area is 145 Å². The molecule has 1 saturated heterocycles. The number of anilines is 1. The smallest absolute Gasteiger partial charge is 0.350 e. The van der Waals surface area contributed by atoms with Gasteiger partial charge in [0.1, 0.15) is 29.9 Å². The van der Waals surface area contributed by atoms with Gasteiger partial charge in [0, 0.05) is 6.20 Å². The number of aliphatic hydroxyl groups excluding tert-OH is 2. The van der Waals surface area contributed by atoms with E-state index in [9.17, 15) is 24.6 Å². The van der Waals surface area contributed by atoms with Crippen molar-refractivity contribution in [2.24, 2.45) is 5.73 Å². The Morgan fingerprint density at radius 2 is 2.08 bits per heavy atom. The first-order valence-electron chi connectivity index (χ1n) is 7.21. The van der Waals surface area contributed by atoms with Crippen LogP contribution in [0.15, 0.2) is 17.1 Å². The summed E-state index contributed by atoms with van der Waals surface area (Å²) in [5.41, 5.74) is 10.1. The van der Waals surface area contributed by atoms with Gasteiger partial charge < -0.3 is 31.5 Å². The number of aromatic nitrogens is 2. The number of aliphatic hydroxyl groups is 2. The second kappa shape index (κ2) is 7.82. The number of carbonyl (C=O) groups excluding carboxylic acids is 1. The maximum absolute atomic E-state index is 11.9. The Kier molecular flexibility index (Phi) is 6.00. The third-order valence-corrected chi connectivity index (χ3v) is 5.10. The first-order valence-corrected chi connectivity index (χ1v) is 8.15. The Morgan fingerprint density at radius 3 is 2.68 bits per heavy atom. The Morgan fingerprint density at radius 1 is 1.40 bits per heavy atom. The summed E-state index contributed by atoms with van der Waals surface area (Å²) in [4.78, 5) is 37.5. The van der Waals surface area contributed by atoms with Crippen LogP contribution in [0.25, 0.3) is 0 Å². The number of aliphatic carboxylic acids is 1. The SMILES string of the molecule is Nc1ccn([C@@H]2S[C@H](COC(=O)[C@H](N)CC(=O)O)C(O)C2O)c(=O)n1. The molecule has 25 heavy (non-hydrogen) atoms. The normalized spacial score (nSPS) is 27.0. The average molecular weight is 374 g/mol. The number of carboxylic acid groups (broad SMARTS) is 1. The third-order valence-electron chi connectivity index (χ3n) is 3.55. The minimum Gasteiger partial charge on any atom is -0.481 e. The Bertz CT molecular complexity index is 712. The van der Waals surface area contributed by atoms with Crippen LogP contribution in [-0.4, -0.2) is 66.9 Å². The minimum atomic E-state index is -1.33. The summed E-state index contributed by atoms with van der Waals surface area (Å²) in [5.74, 6) is -2.15. The van der Waals surface area contributed by atoms with Crippen LogP contribution in [0.2, 0.25) is 0 Å². The van der Waals surface area contributed by atoms with Crippen molar-refractivity contribution in [2.75, 3.05) is 12.3 Å². The zero-order chi connectivity index (χ0) is 18.7. The van der Waals surface area contributed by atoms with Crippen molar-refractivity contribution in [2.45, 2.75) is 35.3 Å². The van der Waals surface area contributed by atoms with Crippen molar-refractivity contribution in [3.05, 3.63) is 22.7 Å². The van der Waals surface area contributed by atoms with E-state index in [2.05, 4.69) is 4.98 Å². The summed E-state index contributed by atoms with van der Waals surface area (Å²) < 4.78 is 6.02. The van der Waals surface area contributed by atoms with Crippen molar-refractivity contribution in [3.63, 3.8) is 0 Å². The molecular formula is C13H18N4O7S. The van der Waals surface area contributed by atoms with Gasteiger partial charge in [-0.2, -0.15) is 4.98 Å². The number of carboxylic acids is 1. The highest BCUT2D eigenvalue weighted by Gasteiger charge is 2.44. The summed E-state index contributed by atoms with van der Waals surface area (Å²) in [7, 11) is 0. The van der Waals surface area contributed by atoms with Crippen molar-refractivity contribution in [1.82, 2.24) is 9.55 Å². The van der Waals surface area contributed by atoms with Crippen molar-refractivity contribution < 1.29 is 29.6 Å². The molecule has 138 valence electrons. The monoisotopic (exact) mass is 374 g/mol. The molecule has 12 heteroatoms. The highest BCUT2D eigenvalue weighted by atomic mass is 32.2. The maximum atomic E-state index is 11.9. The lowest BCUT2D eigenvalue weighted by Crippen LogP contribution is -2.38. The maximum Gasteiger partial charge on any atom is 0.350 e. The number of carbonyl (C=O) groups is 2. The summed E-state index contributed by atoms with van der Waals surface area (Å²) in [6, 6.07) is 0.0463. The number of thioether (sulfide) groups is 1. The van der Waals surface area contributed by atoms with E-state index in [4.69, 9.17) is 21.3 Å². The van der Waals surface area contributed by atoms with E-state index in [0.29, 0.717) is 0 Å². The van der Waals surface area contributed by atoms with Gasteiger partial charge in [0.05, 0.1) is 17.8 Å². The van der Waals surface area contributed by atoms with E-state index in [1.807, 2.05) is 0 Å². The lowest BCUT2D eigenvalue weighted by Gasteiger charge is -2.17. The molecule has 0 spiro atoms. The summed E-state index contributed by atoms with van der Waals surface area (Å²) in [5, 5.41) is 27.2. The fourth-order valence-corrected chi connectivity index (χ4v) is 3.70. The second-order valence-corrected chi connectivity index (χ2v) is 6.78. The van der Waals surface area contributed by atoms with Gasteiger partial charge in [-0.15, -0.1) is 11.8 Å². The van der Waals surface area contributed by atoms with E-state index in [-0.39, 0.29) is 12.4 Å². The first kappa shape index (κ1) is 19.2. The highest BCUT2D eigenvalue weighted by molar-refractivity contribution is 8.00. The van der Waals surface area contributed by atoms with Gasteiger partial charge in [-0.25, -0.2) is 4.79 Å². The predicted molar refractivity (Wildman–Crippen MR) is 86.5 cm³/mol. The molecule has 1 aromatic rings. The molecule has 11 nitrogen and oxygen atoms in total. The van der Waals surface area contributed by atoms with E-state index < -0.39 is 52.9 Å². The zero-order valence-electron chi connectivity index (χ0n) is 12.9. The second-order valence-electron chi connectivity index (χ2n) is 5.42. The number of esters is 1. The molecule has 2 unspecified atom stereocenters. The number of hydrogen-bond acceptors (Lipinski definition) is 10. The van der Waals surface area contributed by atoms with E-state index >= 15 is 0 Å². The zero-order valence-corrected chi connectivity index (χ0v) is 13.7. The van der Waals surface area contributed by atoms with Crippen LogP contribution in [0.1, 0.15) is 11.8 Å². The van der Waals surface area contributed by atoms with Crippen LogP contribution >= 0.6 is 11.8 Å². The summed E-state index contributed by atoms with van der Waals surface area (Å²) in [6.45, 7) is -0.303. The lowest BCUT2D eigenvalue weighted by atomic mass is 10.1. The van der Waals surface area contributed by atoms with E-state index in [1.165, 1.54) is 12.3 Å². The van der Waals surface area contributed by atoms with Crippen LogP contribution in [0.5, 0.6) is 0 Å². The highest BCUT2D eigenvalue weighted by Crippen LogP contribution is 2.41. The molecule has 0 aliphatic carbocycles. The van der Waals surface area contributed by atoms with Crippen molar-refractivity contribution >= 4 is 29.5 Å². The van der Waals surface area contributed by atoms with Crippen LogP contribution < -0.4 is 17.2 Å². The van der Waals surface area contributed by atoms with Crippen molar-refractivity contribution in [1.29, 1.82) is 0 Å². The summed E-state index contributed by atoms with van der Waals surface area (Å²) in [6.07, 6.45) is -1.82. The molecule has 0 aromatic carbocycles. The molecule has 1 aliphatic rings. The molecule has 1 fully saturated rings. The molecule has 0 bridgehead atoms. The molecule has 2 rings (SSSR count). The number of nitrogen functional groups attached to an aromatic ring is 1. The lowest BCUT2D eigenvalue weighted by molar-refractivity contribution is -0.149. The number of hydrogen-bond donors (Lipinski definition) is 5. The predicted octanol–water partition coefficient (Wildman–Crippen LogP) is -2.49. The standard InChI is InChI=1S/C13H18N4O7S/c14-5(3-8(18)19)12(22)24-4-6-9(20)10(21)11(25-6)17-2-1-7(15)16-13(17)23/h1-2,5-6,9-11,20-21H,3-4,14H2,(H,18,19)(H2,15,16,23)/t5-,6-,9?,10?,11-/m1/s1. The molecule has 5 atom stereocenters. The van der Waals surface area contributed by atoms with Gasteiger partial charge in [-0.05, 0) is 6.07 Å². The van der Waals surface area contributed by atoms with E-state index in [0.717, 1.165) is 16.3 Å². The topological polar surface area (TPSA) is 191 Å². The molecule has 0 saturated carbocycles. The molecular weight excluding hydrogens is 356 g/mol. The fraction of sp³-hybridized carbons (Fsp3) is 0.538. The quantitative estimate of drug-likeness (QED) is 0.331. The summed E-state index contributed by atoms with van der Waals surface area (Å²) >= 11 is 1.02. The molecule has 1 aliphatic heterocycles. The average Bonchev–Trinajstić information content (AvgIpc) is 2.80. The first-order chi connectivity index (χ1) is 11.7. The number of nitrogens with two attached hydrogens (primary N) is 2. The molecule has 7 N–H and O–H groups in total. The number of nitrogens with zero attached hydrogens (tertiary/aromatic N) is 2. The van der Waals surface area contributed by atoms with Gasteiger partial charge in [0.25, 0.3) is 0 Å². The van der Waals surface area contributed by atoms with E-state index in [1.54, 1.807) is 0 Å². The molecule has 0 radical (unpaired) electrons. The van der Waals surface area contributed by atoms with Crippen LogP contribution in [-0.2, 0) is 14.3 Å². The molecule has 2 heterocycles. The van der Waals surface area contributed by atoms with Gasteiger partial charge in [-0.3, -0.25) is 14.2 Å². The number of rotatable bonds is 6. The van der Waals surface area contributed by atoms with Crippen LogP contribution in [0.3, 0.4) is 0 Å². The van der Waals surface area contributed by atoms with Crippen LogP contribution in [0.4, 0.5) is 5.82 Å². The van der Waals surface area contributed by atoms with Gasteiger partial charge in [0.15, 0.2) is 0 Å². The van der Waals surface area contributed by atoms with Gasteiger partial charge >= 0.3 is 17.6 Å². The van der Waals surface area contributed by atoms with Crippen LogP contribution in [0, 0.1) is 0 Å². The fourth-order valence-electron chi connectivity index (χ4n) is 2.26. The Hall–Kier alpha value is -2.15. The minimum absolute atomic E-state index is 0.0252. The molecule has 0 amide bonds. The molecule has 1 aromatic heterocycles. The largest absolute Gasteiger partial charge is 0.481 e.